The molecule has 0 spiro atoms. The number of carbonyl (C=O) groups excluding carboxylic acids is 2. The second kappa shape index (κ2) is 4.65. The third-order valence-corrected chi connectivity index (χ3v) is 2.90. The van der Waals surface area contributed by atoms with E-state index in [9.17, 15) is 9.59 Å². The van der Waals surface area contributed by atoms with E-state index >= 15 is 0 Å². The fourth-order valence-corrected chi connectivity index (χ4v) is 1.86. The molecule has 0 unspecified atom stereocenters. The second-order valence-corrected chi connectivity index (χ2v) is 4.27. The number of nitrogens with one attached hydrogen (secondary N) is 1. The van der Waals surface area contributed by atoms with Crippen LogP contribution in [0.3, 0.4) is 0 Å². The molecule has 100 valence electrons. The summed E-state index contributed by atoms with van der Waals surface area (Å²) >= 11 is 0. The molecule has 3 rings (SSSR count). The molecular weight excluding hydrogens is 260 g/mol. The molecule has 2 aromatic rings. The quantitative estimate of drug-likeness (QED) is 0.876. The minimum absolute atomic E-state index is 0.0436. The number of hydrogen-bond acceptors (Lipinski definition) is 6. The number of H-pyrrole nitrogens is 1. The highest BCUT2D eigenvalue weighted by Gasteiger charge is 2.27. The molecule has 0 aliphatic carbocycles. The second-order valence-electron chi connectivity index (χ2n) is 4.27. The summed E-state index contributed by atoms with van der Waals surface area (Å²) in [5, 5.41) is 18.8. The first kappa shape index (κ1) is 12.2. The molecule has 1 N–H and O–H groups in total. The van der Waals surface area contributed by atoms with E-state index in [-0.39, 0.29) is 23.8 Å². The number of ketones is 1. The number of aromatic nitrogens is 4. The van der Waals surface area contributed by atoms with E-state index in [0.717, 1.165) is 5.56 Å². The molecule has 1 aromatic heterocycles. The lowest BCUT2D eigenvalue weighted by Gasteiger charge is -2.11. The van der Waals surface area contributed by atoms with Crippen LogP contribution >= 0.6 is 0 Å². The number of nitrogens with zero attached hydrogens (tertiary/aromatic N) is 5. The van der Waals surface area contributed by atoms with Crippen molar-refractivity contribution in [1.29, 1.82) is 0 Å². The van der Waals surface area contributed by atoms with Gasteiger partial charge in [0, 0.05) is 12.5 Å². The Balaban J connectivity index is 1.88. The molecule has 1 aliphatic heterocycles. The molecule has 1 aliphatic rings. The molecule has 8 nitrogen and oxygen atoms in total. The predicted molar refractivity (Wildman–Crippen MR) is 69.8 cm³/mol. The standard InChI is InChI=1S/C12H10N6O2/c1-7(19)10-6-11(20)18(15-10)9-4-2-8(3-5-9)12-13-16-17-14-12/h2-5H,6H2,1H3,(H,13,14,16,17). The maximum atomic E-state index is 11.8. The zero-order valence-electron chi connectivity index (χ0n) is 10.6. The number of aromatic amines is 1. The third kappa shape index (κ3) is 2.07. The van der Waals surface area contributed by atoms with Crippen LogP contribution in [0.4, 0.5) is 5.69 Å². The lowest BCUT2D eigenvalue weighted by atomic mass is 10.2. The summed E-state index contributed by atoms with van der Waals surface area (Å²) in [7, 11) is 0. The third-order valence-electron chi connectivity index (χ3n) is 2.90. The topological polar surface area (TPSA) is 104 Å². The zero-order chi connectivity index (χ0) is 14.1. The van der Waals surface area contributed by atoms with Gasteiger partial charge in [0.2, 0.25) is 5.82 Å². The van der Waals surface area contributed by atoms with Gasteiger partial charge in [-0.3, -0.25) is 9.59 Å². The van der Waals surface area contributed by atoms with Crippen LogP contribution in [-0.4, -0.2) is 38.0 Å². The molecule has 0 saturated heterocycles. The summed E-state index contributed by atoms with van der Waals surface area (Å²) in [6.45, 7) is 1.40. The number of tetrazole rings is 1. The van der Waals surface area contributed by atoms with Crippen LogP contribution in [-0.2, 0) is 9.59 Å². The van der Waals surface area contributed by atoms with Gasteiger partial charge in [-0.05, 0) is 29.5 Å². The molecule has 0 fully saturated rings. The van der Waals surface area contributed by atoms with Gasteiger partial charge in [-0.25, -0.2) is 5.01 Å². The van der Waals surface area contributed by atoms with Gasteiger partial charge in [-0.15, -0.1) is 10.2 Å². The summed E-state index contributed by atoms with van der Waals surface area (Å²) in [6.07, 6.45) is 0.0436. The number of Topliss-reactive ketones (excluding diaryl/α,β-unsaturated/α-hetero) is 1. The minimum atomic E-state index is -0.220. The average Bonchev–Trinajstić information content (AvgIpc) is 3.08. The zero-order valence-corrected chi connectivity index (χ0v) is 10.6. The lowest BCUT2D eigenvalue weighted by Crippen LogP contribution is -2.19. The van der Waals surface area contributed by atoms with Crippen LogP contribution in [0, 0.1) is 0 Å². The van der Waals surface area contributed by atoms with Crippen LogP contribution in [0.5, 0.6) is 0 Å². The number of rotatable bonds is 3. The van der Waals surface area contributed by atoms with Crippen LogP contribution in [0.2, 0.25) is 0 Å². The summed E-state index contributed by atoms with van der Waals surface area (Å²) < 4.78 is 0. The van der Waals surface area contributed by atoms with Gasteiger partial charge in [0.15, 0.2) is 5.78 Å². The average molecular weight is 270 g/mol. The van der Waals surface area contributed by atoms with Gasteiger partial charge in [0.05, 0.1) is 12.1 Å². The summed E-state index contributed by atoms with van der Waals surface area (Å²) in [5.74, 6) is 0.0593. The van der Waals surface area contributed by atoms with Gasteiger partial charge in [0.25, 0.3) is 5.91 Å². The Morgan fingerprint density at radius 1 is 1.30 bits per heavy atom. The molecule has 0 radical (unpaired) electrons. The number of carbonyl (C=O) groups is 2. The first-order valence-corrected chi connectivity index (χ1v) is 5.90. The summed E-state index contributed by atoms with van der Waals surface area (Å²) in [5.41, 5.74) is 1.64. The summed E-state index contributed by atoms with van der Waals surface area (Å²) in [6, 6.07) is 6.95. The van der Waals surface area contributed by atoms with Crippen molar-refractivity contribution in [1.82, 2.24) is 20.6 Å². The number of hydrazone groups is 1. The maximum absolute atomic E-state index is 11.8. The Hall–Kier alpha value is -2.90. The summed E-state index contributed by atoms with van der Waals surface area (Å²) in [4.78, 5) is 23.1. The van der Waals surface area contributed by atoms with Gasteiger partial charge in [-0.2, -0.15) is 10.3 Å². The van der Waals surface area contributed by atoms with Gasteiger partial charge in [-0.1, -0.05) is 0 Å². The van der Waals surface area contributed by atoms with Crippen molar-refractivity contribution in [2.45, 2.75) is 13.3 Å². The minimum Gasteiger partial charge on any atom is -0.293 e. The van der Waals surface area contributed by atoms with E-state index in [1.165, 1.54) is 11.9 Å². The number of hydrogen-bond donors (Lipinski definition) is 1. The largest absolute Gasteiger partial charge is 0.293 e. The fraction of sp³-hybridized carbons (Fsp3) is 0.167. The normalized spacial score (nSPS) is 14.6. The molecule has 8 heteroatoms. The van der Waals surface area contributed by atoms with Crippen LogP contribution in [0.1, 0.15) is 13.3 Å². The van der Waals surface area contributed by atoms with Crippen molar-refractivity contribution in [2.24, 2.45) is 5.10 Å². The molecule has 20 heavy (non-hydrogen) atoms. The molecule has 2 heterocycles. The van der Waals surface area contributed by atoms with Crippen molar-refractivity contribution in [2.75, 3.05) is 5.01 Å². The Morgan fingerprint density at radius 2 is 2.05 bits per heavy atom. The van der Waals surface area contributed by atoms with E-state index in [0.29, 0.717) is 11.5 Å². The Bertz CT molecular complexity index is 689. The van der Waals surface area contributed by atoms with Crippen molar-refractivity contribution < 1.29 is 9.59 Å². The number of anilines is 1. The van der Waals surface area contributed by atoms with Crippen LogP contribution in [0.25, 0.3) is 11.4 Å². The fourth-order valence-electron chi connectivity index (χ4n) is 1.86. The Labute approximate surface area is 113 Å². The highest BCUT2D eigenvalue weighted by molar-refractivity contribution is 6.44. The predicted octanol–water partition coefficient (Wildman–Crippen LogP) is 0.548. The Kier molecular flexibility index (Phi) is 2.82. The van der Waals surface area contributed by atoms with E-state index in [4.69, 9.17) is 0 Å². The van der Waals surface area contributed by atoms with E-state index in [1.54, 1.807) is 24.3 Å². The molecule has 0 atom stereocenters. The SMILES string of the molecule is CC(=O)C1=NN(c2ccc(-c3nn[nH]n3)cc2)C(=O)C1. The van der Waals surface area contributed by atoms with Crippen molar-refractivity contribution in [3.8, 4) is 11.4 Å². The smallest absolute Gasteiger partial charge is 0.253 e. The van der Waals surface area contributed by atoms with Crippen molar-refractivity contribution in [3.63, 3.8) is 0 Å². The van der Waals surface area contributed by atoms with E-state index in [2.05, 4.69) is 25.7 Å². The van der Waals surface area contributed by atoms with Crippen LogP contribution < -0.4 is 5.01 Å². The first-order chi connectivity index (χ1) is 9.65. The Morgan fingerprint density at radius 3 is 2.60 bits per heavy atom. The van der Waals surface area contributed by atoms with Crippen molar-refractivity contribution in [3.05, 3.63) is 24.3 Å². The van der Waals surface area contributed by atoms with Gasteiger partial charge >= 0.3 is 0 Å². The monoisotopic (exact) mass is 270 g/mol. The molecule has 1 aromatic carbocycles. The lowest BCUT2D eigenvalue weighted by molar-refractivity contribution is -0.117. The van der Waals surface area contributed by atoms with E-state index < -0.39 is 0 Å². The molecule has 1 amide bonds. The van der Waals surface area contributed by atoms with Crippen molar-refractivity contribution >= 4 is 23.1 Å². The highest BCUT2D eigenvalue weighted by atomic mass is 16.2. The van der Waals surface area contributed by atoms with Gasteiger partial charge < -0.3 is 0 Å². The van der Waals surface area contributed by atoms with Gasteiger partial charge in [0.1, 0.15) is 5.71 Å². The first-order valence-electron chi connectivity index (χ1n) is 5.90. The number of amides is 1. The van der Waals surface area contributed by atoms with E-state index in [1.807, 2.05) is 0 Å². The molecule has 0 bridgehead atoms. The highest BCUT2D eigenvalue weighted by Crippen LogP contribution is 2.23. The molecular formula is C12H10N6O2. The number of benzene rings is 1. The van der Waals surface area contributed by atoms with Crippen LogP contribution in [0.15, 0.2) is 29.4 Å². The molecule has 0 saturated carbocycles. The maximum Gasteiger partial charge on any atom is 0.253 e.